The van der Waals surface area contributed by atoms with Crippen LogP contribution in [0.4, 0.5) is 0 Å². The number of rotatable bonds is 5. The lowest BCUT2D eigenvalue weighted by molar-refractivity contribution is -0.140. The number of fused-ring (bicyclic) bond motifs is 1. The summed E-state index contributed by atoms with van der Waals surface area (Å²) >= 11 is 0. The highest BCUT2D eigenvalue weighted by molar-refractivity contribution is 6.46. The number of hydrogen-bond donors (Lipinski definition) is 1. The van der Waals surface area contributed by atoms with Gasteiger partial charge in [-0.1, -0.05) is 30.3 Å². The molecule has 0 radical (unpaired) electrons. The van der Waals surface area contributed by atoms with Gasteiger partial charge in [0.05, 0.1) is 5.57 Å². The summed E-state index contributed by atoms with van der Waals surface area (Å²) in [5, 5.41) is 11.2. The summed E-state index contributed by atoms with van der Waals surface area (Å²) in [5.41, 5.74) is 2.56. The molecule has 3 heterocycles. The van der Waals surface area contributed by atoms with Gasteiger partial charge < -0.3 is 19.2 Å². The number of ketones is 1. The van der Waals surface area contributed by atoms with Crippen molar-refractivity contribution in [2.45, 2.75) is 38.8 Å². The van der Waals surface area contributed by atoms with E-state index >= 15 is 0 Å². The third-order valence-electron chi connectivity index (χ3n) is 6.22. The summed E-state index contributed by atoms with van der Waals surface area (Å²) < 4.78 is 11.6. The molecule has 2 aromatic carbocycles. The van der Waals surface area contributed by atoms with Crippen molar-refractivity contribution in [3.8, 4) is 5.75 Å². The molecule has 2 aliphatic rings. The van der Waals surface area contributed by atoms with Crippen LogP contribution in [0.3, 0.4) is 0 Å². The van der Waals surface area contributed by atoms with Crippen molar-refractivity contribution >= 4 is 17.4 Å². The van der Waals surface area contributed by atoms with Gasteiger partial charge in [-0.3, -0.25) is 9.59 Å². The van der Waals surface area contributed by atoms with Crippen molar-refractivity contribution in [3.05, 3.63) is 94.4 Å². The lowest BCUT2D eigenvalue weighted by atomic mass is 9.97. The van der Waals surface area contributed by atoms with Gasteiger partial charge >= 0.3 is 0 Å². The molecule has 5 rings (SSSR count). The molecule has 2 atom stereocenters. The average Bonchev–Trinajstić information content (AvgIpc) is 3.47. The topological polar surface area (TPSA) is 80.0 Å². The van der Waals surface area contributed by atoms with Crippen LogP contribution < -0.4 is 4.74 Å². The van der Waals surface area contributed by atoms with Crippen molar-refractivity contribution in [3.63, 3.8) is 0 Å². The maximum Gasteiger partial charge on any atom is 0.295 e. The normalized spacial score (nSPS) is 21.3. The van der Waals surface area contributed by atoms with E-state index in [0.29, 0.717) is 30.0 Å². The zero-order chi connectivity index (χ0) is 23.1. The molecule has 0 saturated carbocycles. The maximum absolute atomic E-state index is 13.1. The third-order valence-corrected chi connectivity index (χ3v) is 6.22. The van der Waals surface area contributed by atoms with E-state index in [9.17, 15) is 14.7 Å². The second kappa shape index (κ2) is 8.28. The van der Waals surface area contributed by atoms with Gasteiger partial charge in [0.15, 0.2) is 0 Å². The largest absolute Gasteiger partial charge is 0.507 e. The molecule has 6 heteroatoms. The Bertz CT molecular complexity index is 1260. The number of aliphatic hydroxyl groups excluding tert-OH is 1. The number of benzene rings is 2. The Hall–Kier alpha value is -3.80. The van der Waals surface area contributed by atoms with Crippen molar-refractivity contribution in [2.24, 2.45) is 0 Å². The van der Waals surface area contributed by atoms with Gasteiger partial charge in [-0.2, -0.15) is 0 Å². The number of likely N-dealkylation sites (tertiary alicyclic amines) is 1. The van der Waals surface area contributed by atoms with Crippen molar-refractivity contribution in [2.75, 3.05) is 6.54 Å². The molecule has 168 valence electrons. The van der Waals surface area contributed by atoms with Gasteiger partial charge in [0.1, 0.15) is 35.2 Å². The van der Waals surface area contributed by atoms with Crippen LogP contribution in [0.15, 0.2) is 70.7 Å². The SMILES string of the molecule is Cc1ccc(C2/C(=C(\O)c3ccc4c(c3)CC(C)O4)C(=O)C(=O)N2CCc2ccccc2)o1. The molecule has 1 aromatic heterocycles. The minimum atomic E-state index is -0.786. The zero-order valence-corrected chi connectivity index (χ0v) is 18.6. The molecule has 1 fully saturated rings. The summed E-state index contributed by atoms with van der Waals surface area (Å²) in [6.07, 6.45) is 1.37. The Balaban J connectivity index is 1.55. The van der Waals surface area contributed by atoms with E-state index in [0.717, 1.165) is 23.3 Å². The second-order valence-electron chi connectivity index (χ2n) is 8.63. The highest BCUT2D eigenvalue weighted by Crippen LogP contribution is 2.41. The molecular weight excluding hydrogens is 418 g/mol. The predicted molar refractivity (Wildman–Crippen MR) is 123 cm³/mol. The Morgan fingerprint density at radius 1 is 1.09 bits per heavy atom. The first-order chi connectivity index (χ1) is 15.9. The number of nitrogens with zero attached hydrogens (tertiary/aromatic N) is 1. The lowest BCUT2D eigenvalue weighted by Crippen LogP contribution is -2.31. The van der Waals surface area contributed by atoms with Gasteiger partial charge in [-0.05, 0) is 61.7 Å². The Morgan fingerprint density at radius 2 is 1.88 bits per heavy atom. The molecule has 3 aromatic rings. The quantitative estimate of drug-likeness (QED) is 0.355. The van der Waals surface area contributed by atoms with Gasteiger partial charge in [-0.25, -0.2) is 0 Å². The molecule has 33 heavy (non-hydrogen) atoms. The minimum Gasteiger partial charge on any atom is -0.507 e. The Labute approximate surface area is 192 Å². The van der Waals surface area contributed by atoms with Gasteiger partial charge in [0.2, 0.25) is 0 Å². The number of furan rings is 1. The van der Waals surface area contributed by atoms with E-state index in [1.54, 1.807) is 31.2 Å². The number of aliphatic hydroxyl groups is 1. The number of ether oxygens (including phenoxy) is 1. The van der Waals surface area contributed by atoms with Crippen LogP contribution >= 0.6 is 0 Å². The summed E-state index contributed by atoms with van der Waals surface area (Å²) in [7, 11) is 0. The Morgan fingerprint density at radius 3 is 2.61 bits per heavy atom. The molecule has 6 nitrogen and oxygen atoms in total. The predicted octanol–water partition coefficient (Wildman–Crippen LogP) is 4.58. The molecule has 2 aliphatic heterocycles. The van der Waals surface area contributed by atoms with Crippen LogP contribution in [0.2, 0.25) is 0 Å². The standard InChI is InChI=1S/C27H25NO5/c1-16-8-10-22(32-16)24-23(25(29)19-9-11-21-20(15-19)14-17(2)33-21)26(30)27(31)28(24)13-12-18-6-4-3-5-7-18/h3-11,15,17,24,29H,12-14H2,1-2H3/b25-23+. The number of Topliss-reactive ketones (excluding diaryl/α,β-unsaturated/α-hetero) is 1. The van der Waals surface area contributed by atoms with Crippen LogP contribution in [-0.2, 0) is 22.4 Å². The maximum atomic E-state index is 13.1. The fourth-order valence-electron chi connectivity index (χ4n) is 4.63. The summed E-state index contributed by atoms with van der Waals surface area (Å²) in [5.74, 6) is 0.369. The van der Waals surface area contributed by atoms with E-state index in [2.05, 4.69) is 0 Å². The molecule has 1 N–H and O–H groups in total. The van der Waals surface area contributed by atoms with E-state index < -0.39 is 17.7 Å². The lowest BCUT2D eigenvalue weighted by Gasteiger charge is -2.23. The molecule has 1 saturated heterocycles. The van der Waals surface area contributed by atoms with E-state index in [1.165, 1.54) is 4.90 Å². The minimum absolute atomic E-state index is 0.0503. The first-order valence-electron chi connectivity index (χ1n) is 11.1. The molecule has 0 aliphatic carbocycles. The van der Waals surface area contributed by atoms with Crippen LogP contribution in [0.1, 0.15) is 41.2 Å². The number of carbonyl (C=O) groups is 2. The Kier molecular flexibility index (Phi) is 5.29. The van der Waals surface area contributed by atoms with E-state index in [1.807, 2.05) is 43.3 Å². The molecule has 0 spiro atoms. The molecule has 2 unspecified atom stereocenters. The number of aryl methyl sites for hydroxylation is 1. The number of amides is 1. The summed E-state index contributed by atoms with van der Waals surface area (Å²) in [4.78, 5) is 27.7. The molecular formula is C27H25NO5. The fraction of sp³-hybridized carbons (Fsp3) is 0.259. The zero-order valence-electron chi connectivity index (χ0n) is 18.6. The van der Waals surface area contributed by atoms with Crippen molar-refractivity contribution < 1.29 is 23.8 Å². The molecule has 0 bridgehead atoms. The summed E-state index contributed by atoms with van der Waals surface area (Å²) in [6.45, 7) is 4.11. The first kappa shape index (κ1) is 21.1. The van der Waals surface area contributed by atoms with Crippen LogP contribution in [0.25, 0.3) is 5.76 Å². The van der Waals surface area contributed by atoms with Crippen molar-refractivity contribution in [1.82, 2.24) is 4.90 Å². The smallest absolute Gasteiger partial charge is 0.295 e. The number of hydrogen-bond acceptors (Lipinski definition) is 5. The van der Waals surface area contributed by atoms with E-state index in [-0.39, 0.29) is 17.4 Å². The van der Waals surface area contributed by atoms with Crippen LogP contribution in [0.5, 0.6) is 5.75 Å². The van der Waals surface area contributed by atoms with Gasteiger partial charge in [0.25, 0.3) is 11.7 Å². The third kappa shape index (κ3) is 3.82. The average molecular weight is 443 g/mol. The second-order valence-corrected chi connectivity index (χ2v) is 8.63. The van der Waals surface area contributed by atoms with Crippen LogP contribution in [-0.4, -0.2) is 34.3 Å². The monoisotopic (exact) mass is 443 g/mol. The fourth-order valence-corrected chi connectivity index (χ4v) is 4.63. The number of carbonyl (C=O) groups excluding carboxylic acids is 2. The highest BCUT2D eigenvalue weighted by Gasteiger charge is 2.47. The summed E-state index contributed by atoms with van der Waals surface area (Å²) in [6, 6.07) is 17.9. The first-order valence-corrected chi connectivity index (χ1v) is 11.1. The van der Waals surface area contributed by atoms with Crippen molar-refractivity contribution in [1.29, 1.82) is 0 Å². The van der Waals surface area contributed by atoms with Gasteiger partial charge in [0, 0.05) is 18.5 Å². The van der Waals surface area contributed by atoms with E-state index in [4.69, 9.17) is 9.15 Å². The highest BCUT2D eigenvalue weighted by atomic mass is 16.5. The molecule has 1 amide bonds. The van der Waals surface area contributed by atoms with Crippen LogP contribution in [0, 0.1) is 6.92 Å². The van der Waals surface area contributed by atoms with Gasteiger partial charge in [-0.15, -0.1) is 0 Å².